The van der Waals surface area contributed by atoms with E-state index in [1.165, 1.54) is 0 Å². The summed E-state index contributed by atoms with van der Waals surface area (Å²) >= 11 is 0. The van der Waals surface area contributed by atoms with Crippen molar-refractivity contribution in [3.05, 3.63) is 12.0 Å². The lowest BCUT2D eigenvalue weighted by atomic mass is 9.82. The normalized spacial score (nSPS) is 26.6. The van der Waals surface area contributed by atoms with Gasteiger partial charge in [-0.15, -0.1) is 10.3 Å². The highest BCUT2D eigenvalue weighted by atomic mass is 32.2. The van der Waals surface area contributed by atoms with Crippen LogP contribution in [-0.4, -0.2) is 29.8 Å². The first-order chi connectivity index (χ1) is 7.03. The summed E-state index contributed by atoms with van der Waals surface area (Å²) < 4.78 is 23.6. The van der Waals surface area contributed by atoms with Crippen LogP contribution in [0.5, 0.6) is 0 Å². The molecule has 1 aliphatic rings. The second-order valence-corrected chi connectivity index (χ2v) is 7.88. The van der Waals surface area contributed by atoms with Crippen molar-refractivity contribution in [2.75, 3.05) is 0 Å². The molecule has 0 amide bonds. The molecule has 0 bridgehead atoms. The maximum absolute atomic E-state index is 12.0. The lowest BCUT2D eigenvalue weighted by molar-refractivity contribution is -0.285. The molecule has 1 radical (unpaired) electrons. The monoisotopic (exact) mass is 246 g/mol. The van der Waals surface area contributed by atoms with Crippen LogP contribution in [0.4, 0.5) is 0 Å². The largest absolute Gasteiger partial charge is 0.224 e. The molecule has 1 rings (SSSR count). The molecule has 0 saturated carbocycles. The van der Waals surface area contributed by atoms with Crippen molar-refractivity contribution in [2.24, 2.45) is 0 Å². The van der Waals surface area contributed by atoms with Crippen molar-refractivity contribution >= 4 is 9.84 Å². The van der Waals surface area contributed by atoms with Crippen molar-refractivity contribution in [3.63, 3.8) is 0 Å². The molecule has 0 N–H and O–H groups in total. The zero-order chi connectivity index (χ0) is 12.8. The quantitative estimate of drug-likeness (QED) is 0.748. The molecule has 4 nitrogen and oxygen atoms in total. The molecule has 16 heavy (non-hydrogen) atoms. The average Bonchev–Trinajstić information content (AvgIpc) is 2.13. The first-order valence-corrected chi connectivity index (χ1v) is 6.98. The minimum absolute atomic E-state index is 0.355. The minimum Gasteiger partial charge on any atom is -0.224 e. The highest BCUT2D eigenvalue weighted by molar-refractivity contribution is 7.94. The molecule has 0 aromatic carbocycles. The second-order valence-electron chi connectivity index (χ2n) is 5.71. The third-order valence-electron chi connectivity index (χ3n) is 3.25. The Morgan fingerprint density at radius 3 is 1.88 bits per heavy atom. The van der Waals surface area contributed by atoms with Gasteiger partial charge in [-0.25, -0.2) is 8.42 Å². The Bertz CT molecular complexity index is 366. The second kappa shape index (κ2) is 3.82. The van der Waals surface area contributed by atoms with E-state index in [1.807, 2.05) is 0 Å². The molecular formula is C11H20NO3S. The summed E-state index contributed by atoms with van der Waals surface area (Å²) in [4.78, 5) is 0. The third-order valence-corrected chi connectivity index (χ3v) is 4.98. The van der Waals surface area contributed by atoms with Crippen molar-refractivity contribution in [1.29, 1.82) is 0 Å². The summed E-state index contributed by atoms with van der Waals surface area (Å²) in [5.41, 5.74) is -1.30. The molecule has 0 spiro atoms. The number of hydrogen-bond donors (Lipinski definition) is 0. The van der Waals surface area contributed by atoms with Gasteiger partial charge in [-0.2, -0.15) is 0 Å². The number of hydroxylamine groups is 2. The molecule has 1 heterocycles. The SMILES string of the molecule is C=CS(=O)(=O)C1CC(C)(C)N([O])C(C)(C)C1. The van der Waals surface area contributed by atoms with Gasteiger partial charge in [0.1, 0.15) is 0 Å². The summed E-state index contributed by atoms with van der Waals surface area (Å²) in [5, 5.41) is 13.6. The van der Waals surface area contributed by atoms with Gasteiger partial charge >= 0.3 is 0 Å². The smallest absolute Gasteiger partial charge is 0.174 e. The summed E-state index contributed by atoms with van der Waals surface area (Å²) in [7, 11) is -3.29. The van der Waals surface area contributed by atoms with E-state index in [4.69, 9.17) is 0 Å². The van der Waals surface area contributed by atoms with Crippen LogP contribution >= 0.6 is 0 Å². The Balaban J connectivity index is 3.09. The fraction of sp³-hybridized carbons (Fsp3) is 0.818. The summed E-state index contributed by atoms with van der Waals surface area (Å²) in [6.07, 6.45) is 0.711. The molecule has 1 aliphatic heterocycles. The Hall–Kier alpha value is -0.390. The van der Waals surface area contributed by atoms with E-state index < -0.39 is 26.2 Å². The van der Waals surface area contributed by atoms with Crippen LogP contribution < -0.4 is 0 Å². The van der Waals surface area contributed by atoms with Crippen LogP contribution in [0, 0.1) is 0 Å². The summed E-state index contributed by atoms with van der Waals surface area (Å²) in [6.45, 7) is 10.5. The number of sulfone groups is 1. The van der Waals surface area contributed by atoms with Crippen LogP contribution in [0.1, 0.15) is 40.5 Å². The highest BCUT2D eigenvalue weighted by Crippen LogP contribution is 2.39. The van der Waals surface area contributed by atoms with Gasteiger partial charge < -0.3 is 0 Å². The van der Waals surface area contributed by atoms with Crippen molar-refractivity contribution in [3.8, 4) is 0 Å². The standard InChI is InChI=1S/C11H20NO3S/c1-6-16(14,15)9-7-10(2,3)12(13)11(4,5)8-9/h6,9H,1,7-8H2,2-5H3. The first-order valence-electron chi connectivity index (χ1n) is 5.37. The molecule has 0 atom stereocenters. The maximum atomic E-state index is 12.0. The van der Waals surface area contributed by atoms with Gasteiger partial charge in [0.2, 0.25) is 0 Å². The zero-order valence-corrected chi connectivity index (χ0v) is 11.2. The van der Waals surface area contributed by atoms with Crippen LogP contribution in [-0.2, 0) is 15.0 Å². The zero-order valence-electron chi connectivity index (χ0n) is 10.4. The Morgan fingerprint density at radius 1 is 1.19 bits per heavy atom. The molecule has 1 saturated heterocycles. The Kier molecular flexibility index (Phi) is 3.27. The van der Waals surface area contributed by atoms with E-state index in [2.05, 4.69) is 6.58 Å². The highest BCUT2D eigenvalue weighted by Gasteiger charge is 2.49. The molecule has 0 aliphatic carbocycles. The molecule has 0 aromatic heterocycles. The van der Waals surface area contributed by atoms with E-state index in [0.717, 1.165) is 10.5 Å². The molecule has 93 valence electrons. The summed E-state index contributed by atoms with van der Waals surface area (Å²) in [6, 6.07) is 0. The minimum atomic E-state index is -3.29. The molecule has 0 unspecified atom stereocenters. The van der Waals surface area contributed by atoms with Gasteiger partial charge in [0.15, 0.2) is 9.84 Å². The number of piperidine rings is 1. The van der Waals surface area contributed by atoms with E-state index >= 15 is 0 Å². The fourth-order valence-corrected chi connectivity index (χ4v) is 4.09. The topological polar surface area (TPSA) is 57.3 Å². The maximum Gasteiger partial charge on any atom is 0.174 e. The van der Waals surface area contributed by atoms with Gasteiger partial charge in [-0.05, 0) is 40.5 Å². The van der Waals surface area contributed by atoms with Crippen LogP contribution in [0.25, 0.3) is 0 Å². The van der Waals surface area contributed by atoms with Gasteiger partial charge in [0, 0.05) is 16.5 Å². The van der Waals surface area contributed by atoms with Crippen molar-refractivity contribution in [1.82, 2.24) is 5.06 Å². The predicted molar refractivity (Wildman–Crippen MR) is 62.8 cm³/mol. The van der Waals surface area contributed by atoms with E-state index in [9.17, 15) is 13.6 Å². The van der Waals surface area contributed by atoms with Gasteiger partial charge in [0.25, 0.3) is 0 Å². The van der Waals surface area contributed by atoms with Crippen LogP contribution in [0.2, 0.25) is 0 Å². The summed E-state index contributed by atoms with van der Waals surface area (Å²) in [5.74, 6) is 0. The van der Waals surface area contributed by atoms with E-state index in [0.29, 0.717) is 12.8 Å². The number of hydrogen-bond acceptors (Lipinski definition) is 3. The van der Waals surface area contributed by atoms with Crippen molar-refractivity contribution in [2.45, 2.75) is 56.9 Å². The number of nitrogens with zero attached hydrogens (tertiary/aromatic N) is 1. The predicted octanol–water partition coefficient (Wildman–Crippen LogP) is 1.91. The molecule has 1 fully saturated rings. The molecule has 5 heteroatoms. The van der Waals surface area contributed by atoms with Crippen molar-refractivity contribution < 1.29 is 13.6 Å². The van der Waals surface area contributed by atoms with Gasteiger partial charge in [-0.1, -0.05) is 6.58 Å². The molecule has 0 aromatic rings. The Morgan fingerprint density at radius 2 is 1.56 bits per heavy atom. The lowest BCUT2D eigenvalue weighted by Crippen LogP contribution is -2.60. The lowest BCUT2D eigenvalue weighted by Gasteiger charge is -2.49. The van der Waals surface area contributed by atoms with Gasteiger partial charge in [0.05, 0.1) is 5.25 Å². The average molecular weight is 246 g/mol. The van der Waals surface area contributed by atoms with E-state index in [1.54, 1.807) is 27.7 Å². The number of rotatable bonds is 2. The van der Waals surface area contributed by atoms with E-state index in [-0.39, 0.29) is 0 Å². The fourth-order valence-electron chi connectivity index (χ4n) is 2.54. The Labute approximate surface area is 97.8 Å². The van der Waals surface area contributed by atoms with Crippen LogP contribution in [0.3, 0.4) is 0 Å². The third kappa shape index (κ3) is 2.31. The molecular weight excluding hydrogens is 226 g/mol. The van der Waals surface area contributed by atoms with Gasteiger partial charge in [-0.3, -0.25) is 0 Å². The first kappa shape index (κ1) is 13.7. The van der Waals surface area contributed by atoms with Crippen LogP contribution in [0.15, 0.2) is 12.0 Å².